The first-order chi connectivity index (χ1) is 11.4. The normalized spacial score (nSPS) is 11.2. The van der Waals surface area contributed by atoms with Gasteiger partial charge in [0.2, 0.25) is 0 Å². The van der Waals surface area contributed by atoms with Crippen molar-refractivity contribution in [3.8, 4) is 5.75 Å². The predicted molar refractivity (Wildman–Crippen MR) is 102 cm³/mol. The number of H-pyrrole nitrogens is 1. The number of thioether (sulfide) groups is 1. The average Bonchev–Trinajstić information content (AvgIpc) is 2.78. The smallest absolute Gasteiger partial charge is 0.260 e. The van der Waals surface area contributed by atoms with E-state index >= 15 is 0 Å². The molecule has 0 saturated heterocycles. The standard InChI is InChI=1S/C18H20N2O2S2/c1-10-7-11(2)9-14(8-10)22-5-6-23-18-19-16(21)15-12(3)13(4)24-17(15)20-18/h7-9H,5-6H2,1-4H3,(H,19,20,21). The third-order valence-electron chi connectivity index (χ3n) is 3.80. The zero-order valence-corrected chi connectivity index (χ0v) is 15.9. The molecule has 0 aliphatic carbocycles. The van der Waals surface area contributed by atoms with E-state index in [0.29, 0.717) is 17.1 Å². The van der Waals surface area contributed by atoms with Crippen molar-refractivity contribution < 1.29 is 4.74 Å². The summed E-state index contributed by atoms with van der Waals surface area (Å²) in [5.41, 5.74) is 3.35. The number of fused-ring (bicyclic) bond motifs is 1. The maximum absolute atomic E-state index is 12.2. The van der Waals surface area contributed by atoms with Crippen molar-refractivity contribution in [3.63, 3.8) is 0 Å². The minimum Gasteiger partial charge on any atom is -0.493 e. The monoisotopic (exact) mass is 360 g/mol. The highest BCUT2D eigenvalue weighted by Gasteiger charge is 2.11. The van der Waals surface area contributed by atoms with Crippen LogP contribution in [0, 0.1) is 27.7 Å². The number of aryl methyl sites for hydroxylation is 4. The lowest BCUT2D eigenvalue weighted by atomic mass is 10.1. The van der Waals surface area contributed by atoms with Crippen molar-refractivity contribution in [3.05, 3.63) is 50.1 Å². The van der Waals surface area contributed by atoms with Crippen molar-refractivity contribution in [2.45, 2.75) is 32.9 Å². The molecule has 0 unspecified atom stereocenters. The molecule has 0 atom stereocenters. The Labute approximate surface area is 149 Å². The lowest BCUT2D eigenvalue weighted by molar-refractivity contribution is 0.343. The fourth-order valence-corrected chi connectivity index (χ4v) is 4.39. The fourth-order valence-electron chi connectivity index (χ4n) is 2.62. The van der Waals surface area contributed by atoms with Gasteiger partial charge in [-0.2, -0.15) is 0 Å². The van der Waals surface area contributed by atoms with Crippen LogP contribution in [0.2, 0.25) is 0 Å². The van der Waals surface area contributed by atoms with E-state index < -0.39 is 0 Å². The Morgan fingerprint density at radius 2 is 1.88 bits per heavy atom. The third kappa shape index (κ3) is 3.65. The van der Waals surface area contributed by atoms with Gasteiger partial charge in [0.05, 0.1) is 12.0 Å². The molecule has 1 aromatic carbocycles. The number of rotatable bonds is 5. The van der Waals surface area contributed by atoms with Gasteiger partial charge in [-0.15, -0.1) is 11.3 Å². The van der Waals surface area contributed by atoms with Gasteiger partial charge in [-0.05, 0) is 56.5 Å². The Balaban J connectivity index is 1.65. The fraction of sp³-hybridized carbons (Fsp3) is 0.333. The third-order valence-corrected chi connectivity index (χ3v) is 5.74. The van der Waals surface area contributed by atoms with Gasteiger partial charge in [-0.3, -0.25) is 4.79 Å². The Hall–Kier alpha value is -1.79. The van der Waals surface area contributed by atoms with Gasteiger partial charge in [0, 0.05) is 10.6 Å². The summed E-state index contributed by atoms with van der Waals surface area (Å²) in [6, 6.07) is 6.18. The van der Waals surface area contributed by atoms with Crippen molar-refractivity contribution in [1.29, 1.82) is 0 Å². The van der Waals surface area contributed by atoms with Gasteiger partial charge < -0.3 is 9.72 Å². The SMILES string of the molecule is Cc1cc(C)cc(OCCSc2nc3sc(C)c(C)c3c(=O)[nH]2)c1. The van der Waals surface area contributed by atoms with Crippen molar-refractivity contribution in [2.24, 2.45) is 0 Å². The molecule has 2 heterocycles. The Bertz CT molecular complexity index is 924. The van der Waals surface area contributed by atoms with E-state index in [9.17, 15) is 4.79 Å². The van der Waals surface area contributed by atoms with Crippen LogP contribution in [0.25, 0.3) is 10.2 Å². The van der Waals surface area contributed by atoms with Crippen LogP contribution in [0.1, 0.15) is 21.6 Å². The van der Waals surface area contributed by atoms with E-state index in [-0.39, 0.29) is 5.56 Å². The van der Waals surface area contributed by atoms with Crippen LogP contribution in [0.15, 0.2) is 28.2 Å². The van der Waals surface area contributed by atoms with Crippen LogP contribution in [-0.2, 0) is 0 Å². The van der Waals surface area contributed by atoms with Crippen molar-refractivity contribution in [1.82, 2.24) is 9.97 Å². The number of aromatic nitrogens is 2. The Morgan fingerprint density at radius 1 is 1.17 bits per heavy atom. The average molecular weight is 361 g/mol. The van der Waals surface area contributed by atoms with Gasteiger partial charge in [-0.1, -0.05) is 17.8 Å². The lowest BCUT2D eigenvalue weighted by Crippen LogP contribution is -2.09. The second-order valence-corrected chi connectivity index (χ2v) is 8.14. The number of hydrogen-bond donors (Lipinski definition) is 1. The molecule has 0 aliphatic rings. The number of thiophene rings is 1. The molecule has 2 aromatic heterocycles. The van der Waals surface area contributed by atoms with Crippen LogP contribution in [0.3, 0.4) is 0 Å². The molecule has 24 heavy (non-hydrogen) atoms. The molecule has 0 radical (unpaired) electrons. The van der Waals surface area contributed by atoms with Crippen LogP contribution < -0.4 is 10.3 Å². The first-order valence-corrected chi connectivity index (χ1v) is 9.58. The number of aromatic amines is 1. The summed E-state index contributed by atoms with van der Waals surface area (Å²) in [5.74, 6) is 1.61. The summed E-state index contributed by atoms with van der Waals surface area (Å²) in [6.07, 6.45) is 0. The largest absolute Gasteiger partial charge is 0.493 e. The molecule has 0 aliphatic heterocycles. The molecule has 4 nitrogen and oxygen atoms in total. The highest BCUT2D eigenvalue weighted by Crippen LogP contribution is 2.27. The molecule has 0 fully saturated rings. The number of hydrogen-bond acceptors (Lipinski definition) is 5. The van der Waals surface area contributed by atoms with Crippen LogP contribution in [0.4, 0.5) is 0 Å². The molecule has 1 N–H and O–H groups in total. The topological polar surface area (TPSA) is 55.0 Å². The molecule has 6 heteroatoms. The highest BCUT2D eigenvalue weighted by atomic mass is 32.2. The molecule has 3 aromatic rings. The van der Waals surface area contributed by atoms with Gasteiger partial charge in [-0.25, -0.2) is 4.98 Å². The first-order valence-electron chi connectivity index (χ1n) is 7.78. The van der Waals surface area contributed by atoms with Crippen LogP contribution >= 0.6 is 23.1 Å². The maximum Gasteiger partial charge on any atom is 0.260 e. The second kappa shape index (κ2) is 6.99. The van der Waals surface area contributed by atoms with Gasteiger partial charge in [0.15, 0.2) is 5.16 Å². The van der Waals surface area contributed by atoms with Crippen molar-refractivity contribution in [2.75, 3.05) is 12.4 Å². The summed E-state index contributed by atoms with van der Waals surface area (Å²) < 4.78 is 5.79. The zero-order valence-electron chi connectivity index (χ0n) is 14.2. The van der Waals surface area contributed by atoms with E-state index in [2.05, 4.69) is 29.9 Å². The summed E-state index contributed by atoms with van der Waals surface area (Å²) in [6.45, 7) is 8.67. The molecule has 0 amide bonds. The van der Waals surface area contributed by atoms with Crippen molar-refractivity contribution >= 4 is 33.3 Å². The van der Waals surface area contributed by atoms with E-state index in [0.717, 1.165) is 26.8 Å². The van der Waals surface area contributed by atoms with E-state index in [4.69, 9.17) is 4.74 Å². The summed E-state index contributed by atoms with van der Waals surface area (Å²) in [7, 11) is 0. The lowest BCUT2D eigenvalue weighted by Gasteiger charge is -2.08. The summed E-state index contributed by atoms with van der Waals surface area (Å²) >= 11 is 3.08. The predicted octanol–water partition coefficient (Wildman–Crippen LogP) is 4.39. The Morgan fingerprint density at radius 3 is 2.58 bits per heavy atom. The minimum atomic E-state index is -0.0559. The quantitative estimate of drug-likeness (QED) is 0.416. The van der Waals surface area contributed by atoms with Gasteiger partial charge in [0.1, 0.15) is 10.6 Å². The van der Waals surface area contributed by atoms with E-state index in [1.165, 1.54) is 22.9 Å². The van der Waals surface area contributed by atoms with Crippen LogP contribution in [-0.4, -0.2) is 22.3 Å². The summed E-state index contributed by atoms with van der Waals surface area (Å²) in [4.78, 5) is 21.6. The molecular formula is C18H20N2O2S2. The molecule has 0 bridgehead atoms. The molecule has 0 spiro atoms. The number of nitrogens with zero attached hydrogens (tertiary/aromatic N) is 1. The van der Waals surface area contributed by atoms with Crippen LogP contribution in [0.5, 0.6) is 5.75 Å². The summed E-state index contributed by atoms with van der Waals surface area (Å²) in [5, 5.41) is 1.37. The number of ether oxygens (including phenoxy) is 1. The maximum atomic E-state index is 12.2. The highest BCUT2D eigenvalue weighted by molar-refractivity contribution is 7.99. The molecule has 3 rings (SSSR count). The first kappa shape index (κ1) is 17.0. The molecular weight excluding hydrogens is 340 g/mol. The zero-order chi connectivity index (χ0) is 17.3. The minimum absolute atomic E-state index is 0.0559. The number of benzene rings is 1. The van der Waals surface area contributed by atoms with E-state index in [1.807, 2.05) is 26.0 Å². The second-order valence-electron chi connectivity index (χ2n) is 5.85. The number of nitrogens with one attached hydrogen (secondary N) is 1. The van der Waals surface area contributed by atoms with Gasteiger partial charge in [0.25, 0.3) is 5.56 Å². The molecule has 126 valence electrons. The van der Waals surface area contributed by atoms with Gasteiger partial charge >= 0.3 is 0 Å². The Kier molecular flexibility index (Phi) is 4.96. The molecule has 0 saturated carbocycles. The van der Waals surface area contributed by atoms with E-state index in [1.54, 1.807) is 11.3 Å².